The van der Waals surface area contributed by atoms with Gasteiger partial charge in [0.25, 0.3) is 0 Å². The van der Waals surface area contributed by atoms with Gasteiger partial charge in [-0.25, -0.2) is 0 Å². The van der Waals surface area contributed by atoms with Crippen LogP contribution in [-0.2, 0) is 6.42 Å². The number of aryl methyl sites for hydroxylation is 1. The fourth-order valence-corrected chi connectivity index (χ4v) is 1.59. The molecule has 17 heavy (non-hydrogen) atoms. The first kappa shape index (κ1) is 13.6. The van der Waals surface area contributed by atoms with E-state index in [-0.39, 0.29) is 0 Å². The Labute approximate surface area is 104 Å². The molecule has 0 heterocycles. The van der Waals surface area contributed by atoms with E-state index in [4.69, 9.17) is 9.47 Å². The van der Waals surface area contributed by atoms with Gasteiger partial charge in [-0.05, 0) is 51.3 Å². The topological polar surface area (TPSA) is 18.5 Å². The first-order valence-electron chi connectivity index (χ1n) is 5.91. The fourth-order valence-electron chi connectivity index (χ4n) is 1.59. The van der Waals surface area contributed by atoms with E-state index in [1.807, 2.05) is 6.07 Å². The van der Waals surface area contributed by atoms with Crippen LogP contribution in [0.25, 0.3) is 0 Å². The molecule has 2 nitrogen and oxygen atoms in total. The SMILES string of the molecule is COc1cc(CCC(C)=C(C)C)cc(OC)c1. The lowest BCUT2D eigenvalue weighted by Gasteiger charge is -2.09. The van der Waals surface area contributed by atoms with Crippen molar-refractivity contribution in [2.24, 2.45) is 0 Å². The van der Waals surface area contributed by atoms with E-state index in [9.17, 15) is 0 Å². The first-order valence-corrected chi connectivity index (χ1v) is 5.91. The number of allylic oxidation sites excluding steroid dienone is 2. The van der Waals surface area contributed by atoms with Gasteiger partial charge >= 0.3 is 0 Å². The van der Waals surface area contributed by atoms with Crippen LogP contribution < -0.4 is 9.47 Å². The molecular formula is C15H22O2. The minimum Gasteiger partial charge on any atom is -0.497 e. The first-order chi connectivity index (χ1) is 8.06. The Hall–Kier alpha value is -1.44. The Morgan fingerprint density at radius 2 is 1.47 bits per heavy atom. The lowest BCUT2D eigenvalue weighted by atomic mass is 10.0. The summed E-state index contributed by atoms with van der Waals surface area (Å²) in [6.07, 6.45) is 2.10. The molecule has 0 fully saturated rings. The van der Waals surface area contributed by atoms with E-state index in [0.717, 1.165) is 24.3 Å². The molecule has 0 saturated carbocycles. The molecule has 0 bridgehead atoms. The van der Waals surface area contributed by atoms with Crippen LogP contribution in [0.1, 0.15) is 32.8 Å². The molecule has 0 aliphatic heterocycles. The molecule has 0 saturated heterocycles. The number of ether oxygens (including phenoxy) is 2. The van der Waals surface area contributed by atoms with Crippen LogP contribution >= 0.6 is 0 Å². The minimum atomic E-state index is 0.856. The molecule has 0 aliphatic carbocycles. The Balaban J connectivity index is 2.80. The van der Waals surface area contributed by atoms with Crippen molar-refractivity contribution < 1.29 is 9.47 Å². The smallest absolute Gasteiger partial charge is 0.122 e. The van der Waals surface area contributed by atoms with E-state index in [0.29, 0.717) is 0 Å². The second kappa shape index (κ2) is 6.33. The quantitative estimate of drug-likeness (QED) is 0.717. The average Bonchev–Trinajstić information content (AvgIpc) is 2.35. The summed E-state index contributed by atoms with van der Waals surface area (Å²) in [7, 11) is 3.36. The third-order valence-corrected chi connectivity index (χ3v) is 3.05. The number of benzene rings is 1. The molecule has 0 spiro atoms. The van der Waals surface area contributed by atoms with Gasteiger partial charge in [-0.2, -0.15) is 0 Å². The highest BCUT2D eigenvalue weighted by Gasteiger charge is 2.02. The maximum atomic E-state index is 5.26. The summed E-state index contributed by atoms with van der Waals surface area (Å²) in [4.78, 5) is 0. The van der Waals surface area contributed by atoms with E-state index in [1.165, 1.54) is 16.7 Å². The molecule has 0 aromatic heterocycles. The van der Waals surface area contributed by atoms with Crippen molar-refractivity contribution >= 4 is 0 Å². The monoisotopic (exact) mass is 234 g/mol. The van der Waals surface area contributed by atoms with E-state index in [1.54, 1.807) is 14.2 Å². The molecular weight excluding hydrogens is 212 g/mol. The normalized spacial score (nSPS) is 9.94. The predicted octanol–water partition coefficient (Wildman–Crippen LogP) is 3.99. The Morgan fingerprint density at radius 3 is 1.88 bits per heavy atom. The highest BCUT2D eigenvalue weighted by atomic mass is 16.5. The third kappa shape index (κ3) is 4.14. The summed E-state index contributed by atoms with van der Waals surface area (Å²) in [6.45, 7) is 6.50. The standard InChI is InChI=1S/C15H22O2/c1-11(2)12(3)6-7-13-8-14(16-4)10-15(9-13)17-5/h8-10H,6-7H2,1-5H3. The molecule has 0 aliphatic rings. The Morgan fingerprint density at radius 1 is 0.941 bits per heavy atom. The highest BCUT2D eigenvalue weighted by Crippen LogP contribution is 2.24. The van der Waals surface area contributed by atoms with Gasteiger partial charge < -0.3 is 9.47 Å². The Bertz CT molecular complexity index is 379. The molecule has 1 aromatic rings. The van der Waals surface area contributed by atoms with E-state index in [2.05, 4.69) is 32.9 Å². The summed E-state index contributed by atoms with van der Waals surface area (Å²) in [5.41, 5.74) is 4.11. The van der Waals surface area contributed by atoms with Crippen LogP contribution in [0.15, 0.2) is 29.3 Å². The summed E-state index contributed by atoms with van der Waals surface area (Å²) in [5.74, 6) is 1.71. The second-order valence-electron chi connectivity index (χ2n) is 4.50. The van der Waals surface area contributed by atoms with Gasteiger partial charge in [0.15, 0.2) is 0 Å². The van der Waals surface area contributed by atoms with Crippen LogP contribution in [0.3, 0.4) is 0 Å². The zero-order chi connectivity index (χ0) is 12.8. The van der Waals surface area contributed by atoms with Crippen molar-refractivity contribution in [3.05, 3.63) is 34.9 Å². The lowest BCUT2D eigenvalue weighted by molar-refractivity contribution is 0.393. The molecule has 0 unspecified atom stereocenters. The largest absolute Gasteiger partial charge is 0.497 e. The lowest BCUT2D eigenvalue weighted by Crippen LogP contribution is -1.93. The number of rotatable bonds is 5. The molecule has 0 radical (unpaired) electrons. The summed E-state index contributed by atoms with van der Waals surface area (Å²) >= 11 is 0. The summed E-state index contributed by atoms with van der Waals surface area (Å²) in [5, 5.41) is 0. The maximum Gasteiger partial charge on any atom is 0.122 e. The molecule has 0 atom stereocenters. The fraction of sp³-hybridized carbons (Fsp3) is 0.467. The van der Waals surface area contributed by atoms with E-state index >= 15 is 0 Å². The van der Waals surface area contributed by atoms with Crippen molar-refractivity contribution in [2.45, 2.75) is 33.6 Å². The van der Waals surface area contributed by atoms with Crippen LogP contribution in [0.2, 0.25) is 0 Å². The number of hydrogen-bond acceptors (Lipinski definition) is 2. The van der Waals surface area contributed by atoms with Crippen molar-refractivity contribution in [1.29, 1.82) is 0 Å². The van der Waals surface area contributed by atoms with Crippen molar-refractivity contribution in [3.8, 4) is 11.5 Å². The minimum absolute atomic E-state index is 0.856. The van der Waals surface area contributed by atoms with Crippen molar-refractivity contribution in [1.82, 2.24) is 0 Å². The highest BCUT2D eigenvalue weighted by molar-refractivity contribution is 5.38. The summed E-state index contributed by atoms with van der Waals surface area (Å²) < 4.78 is 10.5. The van der Waals surface area contributed by atoms with E-state index < -0.39 is 0 Å². The van der Waals surface area contributed by atoms with Gasteiger partial charge in [0, 0.05) is 6.07 Å². The third-order valence-electron chi connectivity index (χ3n) is 3.05. The molecule has 0 N–H and O–H groups in total. The van der Waals surface area contributed by atoms with Gasteiger partial charge in [-0.3, -0.25) is 0 Å². The van der Waals surface area contributed by atoms with Crippen LogP contribution in [-0.4, -0.2) is 14.2 Å². The molecule has 1 rings (SSSR count). The van der Waals surface area contributed by atoms with Crippen LogP contribution in [0.4, 0.5) is 0 Å². The van der Waals surface area contributed by atoms with Gasteiger partial charge in [0.1, 0.15) is 11.5 Å². The molecule has 0 amide bonds. The molecule has 94 valence electrons. The van der Waals surface area contributed by atoms with Crippen LogP contribution in [0.5, 0.6) is 11.5 Å². The maximum absolute atomic E-state index is 5.26. The van der Waals surface area contributed by atoms with Crippen LogP contribution in [0, 0.1) is 0 Å². The van der Waals surface area contributed by atoms with Gasteiger partial charge in [0.05, 0.1) is 14.2 Å². The second-order valence-corrected chi connectivity index (χ2v) is 4.50. The molecule has 1 aromatic carbocycles. The zero-order valence-electron chi connectivity index (χ0n) is 11.5. The average molecular weight is 234 g/mol. The van der Waals surface area contributed by atoms with Gasteiger partial charge in [-0.15, -0.1) is 0 Å². The van der Waals surface area contributed by atoms with Gasteiger partial charge in [-0.1, -0.05) is 11.1 Å². The summed E-state index contributed by atoms with van der Waals surface area (Å²) in [6, 6.07) is 6.04. The number of methoxy groups -OCH3 is 2. The van der Waals surface area contributed by atoms with Crippen molar-refractivity contribution in [2.75, 3.05) is 14.2 Å². The Kier molecular flexibility index (Phi) is 5.08. The molecule has 2 heteroatoms. The van der Waals surface area contributed by atoms with Crippen molar-refractivity contribution in [3.63, 3.8) is 0 Å². The van der Waals surface area contributed by atoms with Gasteiger partial charge in [0.2, 0.25) is 0 Å². The number of hydrogen-bond donors (Lipinski definition) is 0. The zero-order valence-corrected chi connectivity index (χ0v) is 11.5. The predicted molar refractivity (Wildman–Crippen MR) is 71.9 cm³/mol.